The third-order valence-electron chi connectivity index (χ3n) is 3.31. The molecular weight excluding hydrogens is 394 g/mol. The van der Waals surface area contributed by atoms with E-state index in [9.17, 15) is 0 Å². The molecule has 0 aliphatic carbocycles. The summed E-state index contributed by atoms with van der Waals surface area (Å²) in [4.78, 5) is 4.26. The lowest BCUT2D eigenvalue weighted by Gasteiger charge is -2.16. The van der Waals surface area contributed by atoms with Crippen molar-refractivity contribution >= 4 is 31.9 Å². The zero-order chi connectivity index (χ0) is 14.8. The Kier molecular flexibility index (Phi) is 4.24. The molecule has 5 heteroatoms. The maximum Gasteiger partial charge on any atom is 0.0995 e. The van der Waals surface area contributed by atoms with E-state index in [1.807, 2.05) is 59.3 Å². The van der Waals surface area contributed by atoms with E-state index in [0.29, 0.717) is 0 Å². The normalized spacial score (nSPS) is 12.3. The second kappa shape index (κ2) is 6.13. The van der Waals surface area contributed by atoms with Crippen LogP contribution in [0.3, 0.4) is 0 Å². The topological polar surface area (TPSA) is 43.8 Å². The van der Waals surface area contributed by atoms with Crippen LogP contribution >= 0.6 is 31.9 Å². The van der Waals surface area contributed by atoms with Gasteiger partial charge in [-0.3, -0.25) is 0 Å². The van der Waals surface area contributed by atoms with Crippen molar-refractivity contribution in [1.29, 1.82) is 0 Å². The van der Waals surface area contributed by atoms with Gasteiger partial charge in [0.1, 0.15) is 0 Å². The monoisotopic (exact) mass is 405 g/mol. The van der Waals surface area contributed by atoms with Gasteiger partial charge in [0.15, 0.2) is 0 Å². The lowest BCUT2D eigenvalue weighted by atomic mass is 10.1. The maximum atomic E-state index is 6.40. The van der Waals surface area contributed by atoms with Crippen LogP contribution in [-0.2, 0) is 0 Å². The van der Waals surface area contributed by atoms with E-state index in [0.717, 1.165) is 25.9 Å². The fraction of sp³-hybridized carbons (Fsp3) is 0.0625. The molecule has 2 aromatic carbocycles. The van der Waals surface area contributed by atoms with Gasteiger partial charge < -0.3 is 10.3 Å². The molecule has 0 fully saturated rings. The van der Waals surface area contributed by atoms with Gasteiger partial charge in [-0.1, -0.05) is 46.3 Å². The summed E-state index contributed by atoms with van der Waals surface area (Å²) in [7, 11) is 0. The zero-order valence-electron chi connectivity index (χ0n) is 11.1. The van der Waals surface area contributed by atoms with Gasteiger partial charge in [-0.2, -0.15) is 0 Å². The molecule has 1 aromatic heterocycles. The molecule has 0 saturated heterocycles. The minimum atomic E-state index is -0.223. The molecule has 0 aliphatic heterocycles. The zero-order valence-corrected chi connectivity index (χ0v) is 14.3. The van der Waals surface area contributed by atoms with Gasteiger partial charge in [-0.15, -0.1) is 0 Å². The molecule has 1 unspecified atom stereocenters. The highest BCUT2D eigenvalue weighted by Gasteiger charge is 2.16. The molecule has 0 spiro atoms. The number of nitrogens with two attached hydrogens (primary N) is 1. The Labute approximate surface area is 140 Å². The predicted molar refractivity (Wildman–Crippen MR) is 91.4 cm³/mol. The first-order chi connectivity index (χ1) is 10.2. The van der Waals surface area contributed by atoms with Crippen LogP contribution in [0.1, 0.15) is 17.3 Å². The number of halogens is 2. The summed E-state index contributed by atoms with van der Waals surface area (Å²) in [5.74, 6) is 0. The highest BCUT2D eigenvalue weighted by Crippen LogP contribution is 2.28. The van der Waals surface area contributed by atoms with E-state index >= 15 is 0 Å². The van der Waals surface area contributed by atoms with Crippen molar-refractivity contribution in [2.45, 2.75) is 6.04 Å². The lowest BCUT2D eigenvalue weighted by Crippen LogP contribution is -2.16. The van der Waals surface area contributed by atoms with Crippen molar-refractivity contribution in [3.05, 3.63) is 81.3 Å². The van der Waals surface area contributed by atoms with E-state index in [4.69, 9.17) is 5.73 Å². The number of hydrogen-bond acceptors (Lipinski definition) is 2. The van der Waals surface area contributed by atoms with Crippen LogP contribution in [0.25, 0.3) is 5.69 Å². The van der Waals surface area contributed by atoms with Crippen LogP contribution in [0.5, 0.6) is 0 Å². The predicted octanol–water partition coefficient (Wildman–Crippen LogP) is 4.45. The van der Waals surface area contributed by atoms with Crippen LogP contribution in [0.2, 0.25) is 0 Å². The second-order valence-corrected chi connectivity index (χ2v) is 6.44. The number of hydrogen-bond donors (Lipinski definition) is 1. The van der Waals surface area contributed by atoms with Gasteiger partial charge in [0.2, 0.25) is 0 Å². The molecule has 0 radical (unpaired) electrons. The highest BCUT2D eigenvalue weighted by molar-refractivity contribution is 9.11. The Balaban J connectivity index is 2.07. The summed E-state index contributed by atoms with van der Waals surface area (Å²) in [5, 5.41) is 0. The van der Waals surface area contributed by atoms with Crippen molar-refractivity contribution in [3.8, 4) is 5.69 Å². The number of nitrogens with zero attached hydrogens (tertiary/aromatic N) is 2. The molecule has 0 bridgehead atoms. The molecule has 3 rings (SSSR count). The second-order valence-electron chi connectivity index (χ2n) is 4.67. The molecule has 0 amide bonds. The van der Waals surface area contributed by atoms with E-state index < -0.39 is 0 Å². The van der Waals surface area contributed by atoms with E-state index in [1.165, 1.54) is 0 Å². The lowest BCUT2D eigenvalue weighted by molar-refractivity contribution is 0.792. The van der Waals surface area contributed by atoms with Gasteiger partial charge in [0.25, 0.3) is 0 Å². The van der Waals surface area contributed by atoms with Gasteiger partial charge in [-0.25, -0.2) is 4.98 Å². The van der Waals surface area contributed by atoms with Crippen LogP contribution < -0.4 is 5.73 Å². The summed E-state index contributed by atoms with van der Waals surface area (Å²) in [5.41, 5.74) is 9.41. The first-order valence-corrected chi connectivity index (χ1v) is 8.03. The largest absolute Gasteiger partial charge is 0.319 e. The SMILES string of the molecule is NC(c1ccccc1)c1cncn1-c1cc(Br)ccc1Br. The van der Waals surface area contributed by atoms with Crippen LogP contribution in [-0.4, -0.2) is 9.55 Å². The Morgan fingerprint density at radius 2 is 1.81 bits per heavy atom. The summed E-state index contributed by atoms with van der Waals surface area (Å²) in [6.07, 6.45) is 3.59. The molecule has 2 N–H and O–H groups in total. The first kappa shape index (κ1) is 14.5. The van der Waals surface area contributed by atoms with Crippen LogP contribution in [0.15, 0.2) is 70.0 Å². The third-order valence-corrected chi connectivity index (χ3v) is 4.48. The molecule has 0 aliphatic rings. The third kappa shape index (κ3) is 2.95. The smallest absolute Gasteiger partial charge is 0.0995 e. The number of rotatable bonds is 3. The van der Waals surface area contributed by atoms with E-state index in [2.05, 4.69) is 36.8 Å². The number of aromatic nitrogens is 2. The highest BCUT2D eigenvalue weighted by atomic mass is 79.9. The van der Waals surface area contributed by atoms with Crippen molar-refractivity contribution in [2.75, 3.05) is 0 Å². The Morgan fingerprint density at radius 3 is 2.57 bits per heavy atom. The Hall–Kier alpha value is -1.43. The molecular formula is C16H13Br2N3. The summed E-state index contributed by atoms with van der Waals surface area (Å²) < 4.78 is 4.01. The van der Waals surface area contributed by atoms with E-state index in [1.54, 1.807) is 6.33 Å². The van der Waals surface area contributed by atoms with Crippen LogP contribution in [0.4, 0.5) is 0 Å². The van der Waals surface area contributed by atoms with E-state index in [-0.39, 0.29) is 6.04 Å². The van der Waals surface area contributed by atoms with Crippen molar-refractivity contribution in [1.82, 2.24) is 9.55 Å². The molecule has 21 heavy (non-hydrogen) atoms. The Morgan fingerprint density at radius 1 is 1.05 bits per heavy atom. The molecule has 1 heterocycles. The standard InChI is InChI=1S/C16H13Br2N3/c17-12-6-7-13(18)14(8-12)21-10-20-9-15(21)16(19)11-4-2-1-3-5-11/h1-10,16H,19H2. The summed E-state index contributed by atoms with van der Waals surface area (Å²) in [6.45, 7) is 0. The average molecular weight is 407 g/mol. The fourth-order valence-electron chi connectivity index (χ4n) is 2.24. The van der Waals surface area contributed by atoms with Crippen molar-refractivity contribution in [3.63, 3.8) is 0 Å². The number of benzene rings is 2. The minimum Gasteiger partial charge on any atom is -0.319 e. The van der Waals surface area contributed by atoms with Crippen LogP contribution in [0, 0.1) is 0 Å². The van der Waals surface area contributed by atoms with Crippen molar-refractivity contribution in [2.24, 2.45) is 5.73 Å². The molecule has 3 nitrogen and oxygen atoms in total. The first-order valence-electron chi connectivity index (χ1n) is 6.45. The van der Waals surface area contributed by atoms with Gasteiger partial charge in [0.05, 0.1) is 29.9 Å². The maximum absolute atomic E-state index is 6.40. The Bertz CT molecular complexity index is 753. The summed E-state index contributed by atoms with van der Waals surface area (Å²) >= 11 is 7.08. The fourth-order valence-corrected chi connectivity index (χ4v) is 3.02. The van der Waals surface area contributed by atoms with Gasteiger partial charge in [0, 0.05) is 8.95 Å². The molecule has 3 aromatic rings. The quantitative estimate of drug-likeness (QED) is 0.698. The van der Waals surface area contributed by atoms with Gasteiger partial charge in [-0.05, 0) is 39.7 Å². The summed E-state index contributed by atoms with van der Waals surface area (Å²) in [6, 6.07) is 15.8. The average Bonchev–Trinajstić information content (AvgIpc) is 2.99. The van der Waals surface area contributed by atoms with Crippen molar-refractivity contribution < 1.29 is 0 Å². The number of imidazole rings is 1. The molecule has 1 atom stereocenters. The molecule has 106 valence electrons. The molecule has 0 saturated carbocycles. The minimum absolute atomic E-state index is 0.223. The van der Waals surface area contributed by atoms with Gasteiger partial charge >= 0.3 is 0 Å².